The molecule has 6 atom stereocenters. The van der Waals surface area contributed by atoms with Gasteiger partial charge in [0.05, 0.1) is 29.8 Å². The normalized spacial score (nSPS) is 35.3. The Morgan fingerprint density at radius 1 is 1.44 bits per heavy atom. The van der Waals surface area contributed by atoms with E-state index in [9.17, 15) is 19.5 Å². The molecular weight excluding hydrogens is 368 g/mol. The Morgan fingerprint density at radius 3 is 2.81 bits per heavy atom. The first kappa shape index (κ1) is 20.5. The highest BCUT2D eigenvalue weighted by molar-refractivity contribution is 8.02. The second-order valence-corrected chi connectivity index (χ2v) is 9.36. The van der Waals surface area contributed by atoms with Crippen LogP contribution in [0.25, 0.3) is 0 Å². The number of fused-ring (bicyclic) bond motifs is 1. The zero-order valence-electron chi connectivity index (χ0n) is 16.3. The van der Waals surface area contributed by atoms with Crippen LogP contribution in [0.1, 0.15) is 46.5 Å². The van der Waals surface area contributed by atoms with E-state index in [1.807, 2.05) is 6.92 Å². The van der Waals surface area contributed by atoms with Crippen molar-refractivity contribution in [1.82, 2.24) is 10.2 Å². The number of β-amino-alcohol motifs (C(OH)–C–C–N with tert-alkyl or cyclic N) is 1. The summed E-state index contributed by atoms with van der Waals surface area (Å²) in [4.78, 5) is 40.5. The van der Waals surface area contributed by atoms with E-state index in [0.717, 1.165) is 25.7 Å². The van der Waals surface area contributed by atoms with Gasteiger partial charge in [-0.15, -0.1) is 11.8 Å². The molecule has 0 aromatic carbocycles. The van der Waals surface area contributed by atoms with E-state index in [2.05, 4.69) is 12.2 Å². The molecule has 0 radical (unpaired) electrons. The van der Waals surface area contributed by atoms with Gasteiger partial charge >= 0.3 is 5.97 Å². The van der Waals surface area contributed by atoms with Crippen molar-refractivity contribution in [3.63, 3.8) is 0 Å². The fourth-order valence-corrected chi connectivity index (χ4v) is 7.34. The number of aliphatic hydroxyl groups excluding tert-OH is 1. The fourth-order valence-electron chi connectivity index (χ4n) is 5.14. The highest BCUT2D eigenvalue weighted by Gasteiger charge is 2.73. The third-order valence-corrected chi connectivity index (χ3v) is 8.01. The van der Waals surface area contributed by atoms with Gasteiger partial charge in [0.25, 0.3) is 0 Å². The van der Waals surface area contributed by atoms with Gasteiger partial charge in [-0.1, -0.05) is 13.3 Å². The van der Waals surface area contributed by atoms with E-state index in [1.165, 1.54) is 4.90 Å². The van der Waals surface area contributed by atoms with Gasteiger partial charge in [-0.05, 0) is 33.1 Å². The van der Waals surface area contributed by atoms with Gasteiger partial charge in [0, 0.05) is 17.8 Å². The van der Waals surface area contributed by atoms with E-state index >= 15 is 0 Å². The van der Waals surface area contributed by atoms with Crippen molar-refractivity contribution < 1.29 is 24.2 Å². The van der Waals surface area contributed by atoms with Crippen LogP contribution in [0.15, 0.2) is 0 Å². The molecule has 7 nitrogen and oxygen atoms in total. The van der Waals surface area contributed by atoms with E-state index in [-0.39, 0.29) is 48.8 Å². The predicted octanol–water partition coefficient (Wildman–Crippen LogP) is 0.938. The number of aliphatic hydroxyl groups is 1. The number of hydrogen-bond donors (Lipinski definition) is 2. The molecule has 1 spiro atoms. The molecule has 2 bridgehead atoms. The van der Waals surface area contributed by atoms with Crippen molar-refractivity contribution >= 4 is 29.5 Å². The average molecular weight is 399 g/mol. The summed E-state index contributed by atoms with van der Waals surface area (Å²) in [7, 11) is 0. The van der Waals surface area contributed by atoms with E-state index in [4.69, 9.17) is 4.74 Å². The zero-order valence-corrected chi connectivity index (χ0v) is 17.1. The van der Waals surface area contributed by atoms with Gasteiger partial charge in [-0.2, -0.15) is 0 Å². The van der Waals surface area contributed by atoms with Crippen LogP contribution in [-0.4, -0.2) is 69.6 Å². The second-order valence-electron chi connectivity index (χ2n) is 7.76. The number of thioether (sulfide) groups is 1. The molecular formula is C19H30N2O5S. The lowest BCUT2D eigenvalue weighted by Crippen LogP contribution is -2.55. The Morgan fingerprint density at radius 2 is 2.19 bits per heavy atom. The Labute approximate surface area is 164 Å². The van der Waals surface area contributed by atoms with Crippen molar-refractivity contribution in [2.45, 2.75) is 68.5 Å². The van der Waals surface area contributed by atoms with Crippen LogP contribution in [0, 0.1) is 11.8 Å². The monoisotopic (exact) mass is 398 g/mol. The van der Waals surface area contributed by atoms with Crippen molar-refractivity contribution in [2.75, 3.05) is 19.8 Å². The number of nitrogens with one attached hydrogen (secondary N) is 1. The molecule has 3 rings (SSSR count). The van der Waals surface area contributed by atoms with Crippen molar-refractivity contribution in [3.8, 4) is 0 Å². The van der Waals surface area contributed by atoms with Gasteiger partial charge in [0.1, 0.15) is 6.04 Å². The molecule has 2 N–H and O–H groups in total. The maximum atomic E-state index is 13.2. The minimum absolute atomic E-state index is 0.0217. The summed E-state index contributed by atoms with van der Waals surface area (Å²) in [6, 6.07) is -0.621. The third kappa shape index (κ3) is 3.24. The number of ether oxygens (including phenoxy) is 1. The molecule has 0 aromatic rings. The molecule has 152 valence electrons. The first-order valence-corrected chi connectivity index (χ1v) is 10.8. The SMILES string of the molecule is CCCC(C)NC(=O)C1N(CCO)C(=O)[C@@H]2[C@@H](C(=O)OCC)[C@H]3CCC12S3. The van der Waals surface area contributed by atoms with Crippen LogP contribution in [0.5, 0.6) is 0 Å². The van der Waals surface area contributed by atoms with E-state index in [1.54, 1.807) is 18.7 Å². The Balaban J connectivity index is 1.92. The van der Waals surface area contributed by atoms with Gasteiger partial charge < -0.3 is 20.1 Å². The van der Waals surface area contributed by atoms with Crippen LogP contribution < -0.4 is 5.32 Å². The lowest BCUT2D eigenvalue weighted by molar-refractivity contribution is -0.153. The molecule has 3 aliphatic rings. The smallest absolute Gasteiger partial charge is 0.310 e. The fraction of sp³-hybridized carbons (Fsp3) is 0.842. The topological polar surface area (TPSA) is 95.9 Å². The number of amides is 2. The highest BCUT2D eigenvalue weighted by atomic mass is 32.2. The largest absolute Gasteiger partial charge is 0.466 e. The van der Waals surface area contributed by atoms with Gasteiger partial charge in [-0.25, -0.2) is 0 Å². The standard InChI is InChI=1S/C19H30N2O5S/c1-4-6-11(3)20-16(23)15-19-8-7-12(27-19)13(18(25)26-5-2)14(19)17(24)21(15)9-10-22/h11-15,22H,4-10H2,1-3H3,(H,20,23)/t11?,12-,13+,14+,15?,19?/m1/s1. The number of carbonyl (C=O) groups excluding carboxylic acids is 3. The van der Waals surface area contributed by atoms with E-state index in [0.29, 0.717) is 0 Å². The van der Waals surface area contributed by atoms with Gasteiger partial charge in [-0.3, -0.25) is 14.4 Å². The first-order valence-electron chi connectivity index (χ1n) is 9.97. The average Bonchev–Trinajstić information content (AvgIpc) is 3.24. The summed E-state index contributed by atoms with van der Waals surface area (Å²) in [6.45, 7) is 5.96. The maximum absolute atomic E-state index is 13.2. The van der Waals surface area contributed by atoms with Crippen LogP contribution in [0.2, 0.25) is 0 Å². The third-order valence-electron chi connectivity index (χ3n) is 6.06. The lowest BCUT2D eigenvalue weighted by atomic mass is 9.71. The van der Waals surface area contributed by atoms with Crippen LogP contribution in [0.3, 0.4) is 0 Å². The molecule has 3 aliphatic heterocycles. The number of hydrogen-bond acceptors (Lipinski definition) is 6. The molecule has 3 fully saturated rings. The molecule has 27 heavy (non-hydrogen) atoms. The first-order chi connectivity index (χ1) is 12.9. The lowest BCUT2D eigenvalue weighted by Gasteiger charge is -2.34. The zero-order chi connectivity index (χ0) is 19.8. The summed E-state index contributed by atoms with van der Waals surface area (Å²) in [5.74, 6) is -1.73. The van der Waals surface area contributed by atoms with E-state index < -0.39 is 22.6 Å². The predicted molar refractivity (Wildman–Crippen MR) is 102 cm³/mol. The van der Waals surface area contributed by atoms with Crippen LogP contribution in [-0.2, 0) is 19.1 Å². The Hall–Kier alpha value is -1.28. The molecule has 3 unspecified atom stereocenters. The molecule has 8 heteroatoms. The van der Waals surface area contributed by atoms with Crippen molar-refractivity contribution in [2.24, 2.45) is 11.8 Å². The second kappa shape index (κ2) is 7.99. The van der Waals surface area contributed by atoms with Crippen LogP contribution in [0.4, 0.5) is 0 Å². The minimum Gasteiger partial charge on any atom is -0.466 e. The Kier molecular flexibility index (Phi) is 6.05. The molecule has 0 aliphatic carbocycles. The van der Waals surface area contributed by atoms with Crippen molar-refractivity contribution in [1.29, 1.82) is 0 Å². The van der Waals surface area contributed by atoms with Crippen LogP contribution >= 0.6 is 11.8 Å². The Bertz CT molecular complexity index is 615. The summed E-state index contributed by atoms with van der Waals surface area (Å²) >= 11 is 1.62. The van der Waals surface area contributed by atoms with Gasteiger partial charge in [0.2, 0.25) is 11.8 Å². The summed E-state index contributed by atoms with van der Waals surface area (Å²) in [6.07, 6.45) is 3.36. The number of likely N-dealkylation sites (tertiary alicyclic amines) is 1. The molecule has 2 amide bonds. The minimum atomic E-state index is -0.643. The summed E-state index contributed by atoms with van der Waals surface area (Å²) < 4.78 is 4.65. The quantitative estimate of drug-likeness (QED) is 0.591. The molecule has 3 saturated heterocycles. The molecule has 0 aromatic heterocycles. The number of carbonyl (C=O) groups is 3. The molecule has 0 saturated carbocycles. The molecule has 3 heterocycles. The summed E-state index contributed by atoms with van der Waals surface area (Å²) in [5, 5.41) is 12.5. The number of rotatable bonds is 8. The summed E-state index contributed by atoms with van der Waals surface area (Å²) in [5.41, 5.74) is 0. The highest BCUT2D eigenvalue weighted by Crippen LogP contribution is 2.66. The van der Waals surface area contributed by atoms with Crippen molar-refractivity contribution in [3.05, 3.63) is 0 Å². The number of nitrogens with zero attached hydrogens (tertiary/aromatic N) is 1. The maximum Gasteiger partial charge on any atom is 0.310 e. The van der Waals surface area contributed by atoms with Gasteiger partial charge in [0.15, 0.2) is 0 Å². The number of esters is 1.